The van der Waals surface area contributed by atoms with Crippen LogP contribution in [0.3, 0.4) is 0 Å². The minimum absolute atomic E-state index is 0.131. The fourth-order valence-corrected chi connectivity index (χ4v) is 3.57. The molecule has 0 atom stereocenters. The number of benzene rings is 2. The van der Waals surface area contributed by atoms with Crippen molar-refractivity contribution in [2.24, 2.45) is 0 Å². The van der Waals surface area contributed by atoms with Crippen LogP contribution in [0.1, 0.15) is 28.0 Å². The first-order valence-electron chi connectivity index (χ1n) is 9.04. The summed E-state index contributed by atoms with van der Waals surface area (Å²) in [6.07, 6.45) is 2.98. The van der Waals surface area contributed by atoms with E-state index in [-0.39, 0.29) is 11.6 Å². The summed E-state index contributed by atoms with van der Waals surface area (Å²) in [7, 11) is 1.46. The Morgan fingerprint density at radius 1 is 1.21 bits per heavy atom. The third-order valence-corrected chi connectivity index (χ3v) is 4.88. The van der Waals surface area contributed by atoms with Crippen LogP contribution in [-0.2, 0) is 11.2 Å². The third kappa shape index (κ3) is 3.59. The normalized spacial score (nSPS) is 14.8. The number of carbonyl (C=O) groups is 2. The number of Topliss-reactive ketones (excluding diaryl/α,β-unsaturated/α-hetero) is 1. The van der Waals surface area contributed by atoms with Crippen LogP contribution in [0.25, 0.3) is 17.0 Å². The Bertz CT molecular complexity index is 1160. The number of aryl methyl sites for hydroxylation is 1. The average molecular weight is 395 g/mol. The van der Waals surface area contributed by atoms with Gasteiger partial charge in [0.15, 0.2) is 23.9 Å². The van der Waals surface area contributed by atoms with E-state index < -0.39 is 12.6 Å². The van der Waals surface area contributed by atoms with Gasteiger partial charge in [-0.3, -0.25) is 4.79 Å². The number of hydrogen-bond donors (Lipinski definition) is 2. The molecular formula is C22H18FNO5. The van der Waals surface area contributed by atoms with E-state index in [1.54, 1.807) is 30.3 Å². The molecule has 2 N–H and O–H groups in total. The number of nitrogens with one attached hydrogen (secondary N) is 1. The molecule has 1 aliphatic rings. The van der Waals surface area contributed by atoms with Crippen LogP contribution in [0, 0.1) is 5.82 Å². The van der Waals surface area contributed by atoms with Gasteiger partial charge in [0, 0.05) is 22.2 Å². The van der Waals surface area contributed by atoms with Crippen molar-refractivity contribution in [1.82, 2.24) is 4.98 Å². The second-order valence-electron chi connectivity index (χ2n) is 6.76. The van der Waals surface area contributed by atoms with Crippen LogP contribution in [0.5, 0.6) is 11.5 Å². The van der Waals surface area contributed by atoms with Gasteiger partial charge in [-0.1, -0.05) is 6.07 Å². The zero-order chi connectivity index (χ0) is 20.5. The number of aromatic amines is 1. The number of halogens is 1. The predicted molar refractivity (Wildman–Crippen MR) is 105 cm³/mol. The van der Waals surface area contributed by atoms with E-state index in [4.69, 9.17) is 14.6 Å². The quantitative estimate of drug-likeness (QED) is 0.638. The predicted octanol–water partition coefficient (Wildman–Crippen LogP) is 3.99. The summed E-state index contributed by atoms with van der Waals surface area (Å²) in [6, 6.07) is 9.40. The largest absolute Gasteiger partial charge is 0.493 e. The van der Waals surface area contributed by atoms with Crippen LogP contribution in [0.2, 0.25) is 0 Å². The lowest BCUT2D eigenvalue weighted by molar-refractivity contribution is -0.139. The smallest absolute Gasteiger partial charge is 0.341 e. The summed E-state index contributed by atoms with van der Waals surface area (Å²) < 4.78 is 24.2. The number of carboxylic acids is 1. The molecule has 6 nitrogen and oxygen atoms in total. The van der Waals surface area contributed by atoms with E-state index in [0.29, 0.717) is 40.9 Å². The van der Waals surface area contributed by atoms with E-state index in [1.165, 1.54) is 19.2 Å². The van der Waals surface area contributed by atoms with Crippen molar-refractivity contribution in [2.75, 3.05) is 13.7 Å². The van der Waals surface area contributed by atoms with E-state index in [0.717, 1.165) is 16.8 Å². The molecule has 1 heterocycles. The number of rotatable bonds is 5. The Morgan fingerprint density at radius 2 is 2.03 bits per heavy atom. The number of aliphatic carboxylic acids is 1. The maximum atomic E-state index is 13.7. The van der Waals surface area contributed by atoms with Crippen molar-refractivity contribution in [3.8, 4) is 11.5 Å². The van der Waals surface area contributed by atoms with Crippen molar-refractivity contribution in [1.29, 1.82) is 0 Å². The molecule has 0 radical (unpaired) electrons. The van der Waals surface area contributed by atoms with Crippen LogP contribution < -0.4 is 9.47 Å². The second kappa shape index (κ2) is 7.43. The average Bonchev–Trinajstić information content (AvgIpc) is 3.07. The molecule has 148 valence electrons. The van der Waals surface area contributed by atoms with Gasteiger partial charge in [-0.25, -0.2) is 9.18 Å². The van der Waals surface area contributed by atoms with Gasteiger partial charge in [0.25, 0.3) is 0 Å². The fourth-order valence-electron chi connectivity index (χ4n) is 3.57. The number of methoxy groups -OCH3 is 1. The molecule has 0 amide bonds. The molecule has 0 saturated heterocycles. The number of carboxylic acid groups (broad SMARTS) is 1. The topological polar surface area (TPSA) is 88.6 Å². The molecule has 0 spiro atoms. The van der Waals surface area contributed by atoms with Crippen LogP contribution in [-0.4, -0.2) is 35.6 Å². The van der Waals surface area contributed by atoms with Crippen LogP contribution in [0.4, 0.5) is 4.39 Å². The highest BCUT2D eigenvalue weighted by atomic mass is 19.1. The van der Waals surface area contributed by atoms with Gasteiger partial charge in [0.05, 0.1) is 12.7 Å². The summed E-state index contributed by atoms with van der Waals surface area (Å²) in [4.78, 5) is 27.0. The highest BCUT2D eigenvalue weighted by Gasteiger charge is 2.26. The SMILES string of the molecule is COc1cc(/C=C2/CCc3[nH]c4ccc(F)cc4c3C2=O)ccc1OCC(=O)O. The first kappa shape index (κ1) is 18.7. The Hall–Kier alpha value is -3.61. The zero-order valence-corrected chi connectivity index (χ0v) is 15.6. The Labute approximate surface area is 165 Å². The monoisotopic (exact) mass is 395 g/mol. The van der Waals surface area contributed by atoms with E-state index >= 15 is 0 Å². The molecule has 4 rings (SSSR count). The Morgan fingerprint density at radius 3 is 2.79 bits per heavy atom. The Balaban J connectivity index is 1.67. The lowest BCUT2D eigenvalue weighted by Crippen LogP contribution is -2.13. The molecule has 2 aromatic carbocycles. The van der Waals surface area contributed by atoms with Crippen molar-refractivity contribution in [3.05, 3.63) is 64.6 Å². The number of hydrogen-bond acceptors (Lipinski definition) is 4. The molecular weight excluding hydrogens is 377 g/mol. The number of allylic oxidation sites excluding steroid dienone is 1. The molecule has 0 unspecified atom stereocenters. The van der Waals surface area contributed by atoms with E-state index in [1.807, 2.05) is 0 Å². The van der Waals surface area contributed by atoms with Gasteiger partial charge in [-0.15, -0.1) is 0 Å². The van der Waals surface area contributed by atoms with Gasteiger partial charge in [0.2, 0.25) is 0 Å². The first-order chi connectivity index (χ1) is 14.0. The minimum Gasteiger partial charge on any atom is -0.493 e. The highest BCUT2D eigenvalue weighted by Crippen LogP contribution is 2.34. The summed E-state index contributed by atoms with van der Waals surface area (Å²) in [5, 5.41) is 9.34. The van der Waals surface area contributed by atoms with Crippen molar-refractivity contribution in [2.45, 2.75) is 12.8 Å². The number of H-pyrrole nitrogens is 1. The molecule has 0 saturated carbocycles. The van der Waals surface area contributed by atoms with Crippen LogP contribution >= 0.6 is 0 Å². The first-order valence-corrected chi connectivity index (χ1v) is 9.04. The van der Waals surface area contributed by atoms with Gasteiger partial charge in [0.1, 0.15) is 5.82 Å². The van der Waals surface area contributed by atoms with Gasteiger partial charge in [-0.2, -0.15) is 0 Å². The van der Waals surface area contributed by atoms with Gasteiger partial charge >= 0.3 is 5.97 Å². The summed E-state index contributed by atoms with van der Waals surface area (Å²) >= 11 is 0. The number of fused-ring (bicyclic) bond motifs is 3. The maximum Gasteiger partial charge on any atom is 0.341 e. The zero-order valence-electron chi connectivity index (χ0n) is 15.6. The molecule has 1 aliphatic carbocycles. The molecule has 3 aromatic rings. The summed E-state index contributed by atoms with van der Waals surface area (Å²) in [5.41, 5.74) is 3.42. The Kier molecular flexibility index (Phi) is 4.80. The number of ketones is 1. The molecule has 1 aromatic heterocycles. The standard InChI is InChI=1S/C22H18FNO5/c1-28-19-9-12(2-7-18(19)29-11-20(25)26)8-13-3-5-17-21(22(13)27)15-10-14(23)4-6-16(15)24-17/h2,4,6-10,24H,3,5,11H2,1H3,(H,25,26)/b13-8-. The lowest BCUT2D eigenvalue weighted by Gasteiger charge is -2.15. The van der Waals surface area contributed by atoms with Gasteiger partial charge < -0.3 is 19.6 Å². The summed E-state index contributed by atoms with van der Waals surface area (Å²) in [6.45, 7) is -0.477. The van der Waals surface area contributed by atoms with Gasteiger partial charge in [-0.05, 0) is 54.8 Å². The number of ether oxygens (including phenoxy) is 2. The van der Waals surface area contributed by atoms with Crippen molar-refractivity contribution in [3.63, 3.8) is 0 Å². The molecule has 7 heteroatoms. The second-order valence-corrected chi connectivity index (χ2v) is 6.76. The fraction of sp³-hybridized carbons (Fsp3) is 0.182. The van der Waals surface area contributed by atoms with Crippen molar-refractivity contribution < 1.29 is 28.6 Å². The summed E-state index contributed by atoms with van der Waals surface area (Å²) in [5.74, 6) is -0.921. The third-order valence-electron chi connectivity index (χ3n) is 4.88. The molecule has 29 heavy (non-hydrogen) atoms. The van der Waals surface area contributed by atoms with Crippen molar-refractivity contribution >= 4 is 28.7 Å². The maximum absolute atomic E-state index is 13.7. The minimum atomic E-state index is -1.09. The highest BCUT2D eigenvalue weighted by molar-refractivity contribution is 6.19. The van der Waals surface area contributed by atoms with E-state index in [9.17, 15) is 14.0 Å². The molecule has 0 aliphatic heterocycles. The van der Waals surface area contributed by atoms with E-state index in [2.05, 4.69) is 4.98 Å². The van der Waals surface area contributed by atoms with Crippen LogP contribution in [0.15, 0.2) is 42.0 Å². The number of aromatic nitrogens is 1. The molecule has 0 fully saturated rings. The molecule has 0 bridgehead atoms. The lowest BCUT2D eigenvalue weighted by atomic mass is 9.88. The number of carbonyl (C=O) groups excluding carboxylic acids is 1.